The lowest BCUT2D eigenvalue weighted by atomic mass is 9.72. The lowest BCUT2D eigenvalue weighted by Gasteiger charge is -2.51. The maximum Gasteiger partial charge on any atom is 0.252 e. The van der Waals surface area contributed by atoms with Gasteiger partial charge in [-0.05, 0) is 40.5 Å². The summed E-state index contributed by atoms with van der Waals surface area (Å²) in [4.78, 5) is 13.1. The smallest absolute Gasteiger partial charge is 0.252 e. The normalized spacial score (nSPS) is 28.6. The van der Waals surface area contributed by atoms with Gasteiger partial charge in [0.05, 0.1) is 0 Å². The molecule has 0 atom stereocenters. The van der Waals surface area contributed by atoms with E-state index in [-0.39, 0.29) is 17.0 Å². The van der Waals surface area contributed by atoms with E-state index in [1.165, 1.54) is 44.9 Å². The number of carbonyl (C=O) groups excluding carboxylic acids is 1. The average molecular weight is 353 g/mol. The van der Waals surface area contributed by atoms with Crippen molar-refractivity contribution in [2.45, 2.75) is 115 Å². The van der Waals surface area contributed by atoms with Gasteiger partial charge >= 0.3 is 0 Å². The van der Waals surface area contributed by atoms with Crippen molar-refractivity contribution in [2.75, 3.05) is 13.2 Å². The minimum absolute atomic E-state index is 0.102. The van der Waals surface area contributed by atoms with Crippen LogP contribution in [0, 0.1) is 0 Å². The van der Waals surface area contributed by atoms with Gasteiger partial charge < -0.3 is 15.4 Å². The predicted molar refractivity (Wildman–Crippen MR) is 104 cm³/mol. The lowest BCUT2D eigenvalue weighted by Crippen LogP contribution is -2.68. The van der Waals surface area contributed by atoms with Crippen LogP contribution in [0.4, 0.5) is 0 Å². The van der Waals surface area contributed by atoms with Crippen molar-refractivity contribution in [3.8, 4) is 0 Å². The summed E-state index contributed by atoms with van der Waals surface area (Å²) in [5.74, 6) is 0.102. The maximum absolute atomic E-state index is 13.1. The van der Waals surface area contributed by atoms with E-state index in [9.17, 15) is 4.79 Å². The highest BCUT2D eigenvalue weighted by Crippen LogP contribution is 2.39. The van der Waals surface area contributed by atoms with Crippen LogP contribution in [-0.4, -0.2) is 35.7 Å². The van der Waals surface area contributed by atoms with Gasteiger partial charge in [-0.1, -0.05) is 44.9 Å². The third kappa shape index (κ3) is 6.56. The zero-order valence-corrected chi connectivity index (χ0v) is 17.0. The van der Waals surface area contributed by atoms with E-state index in [1.54, 1.807) is 0 Å². The first-order chi connectivity index (χ1) is 11.7. The number of hydrogen-bond acceptors (Lipinski definition) is 3. The Morgan fingerprint density at radius 3 is 1.80 bits per heavy atom. The third-order valence-corrected chi connectivity index (χ3v) is 5.53. The highest BCUT2D eigenvalue weighted by atomic mass is 16.5. The second-order valence-corrected chi connectivity index (χ2v) is 9.53. The Labute approximate surface area is 154 Å². The number of nitrogens with one attached hydrogen (secondary N) is 2. The number of ether oxygens (including phenoxy) is 1. The van der Waals surface area contributed by atoms with E-state index in [2.05, 4.69) is 38.3 Å². The van der Waals surface area contributed by atoms with Crippen molar-refractivity contribution in [1.82, 2.24) is 10.6 Å². The monoisotopic (exact) mass is 352 g/mol. The average Bonchev–Trinajstić information content (AvgIpc) is 2.48. The lowest BCUT2D eigenvalue weighted by molar-refractivity contribution is -0.161. The van der Waals surface area contributed by atoms with Gasteiger partial charge in [-0.25, -0.2) is 0 Å². The molecule has 2 rings (SSSR count). The molecule has 0 aliphatic carbocycles. The Bertz CT molecular complexity index is 416. The number of rotatable bonds is 0. The Morgan fingerprint density at radius 1 is 0.760 bits per heavy atom. The molecular weight excluding hydrogens is 312 g/mol. The van der Waals surface area contributed by atoms with E-state index in [0.29, 0.717) is 6.61 Å². The molecule has 0 unspecified atom stereocenters. The molecule has 2 heterocycles. The van der Waals surface area contributed by atoms with Crippen LogP contribution < -0.4 is 10.6 Å². The Balaban J connectivity index is 2.10. The minimum Gasteiger partial charge on any atom is -0.365 e. The number of carbonyl (C=O) groups is 1. The number of piperidine rings is 1. The summed E-state index contributed by atoms with van der Waals surface area (Å²) in [6, 6.07) is 0. The molecule has 0 radical (unpaired) electrons. The summed E-state index contributed by atoms with van der Waals surface area (Å²) in [5, 5.41) is 6.87. The van der Waals surface area contributed by atoms with Crippen molar-refractivity contribution in [1.29, 1.82) is 0 Å². The first-order valence-corrected chi connectivity index (χ1v) is 10.5. The SMILES string of the molecule is CC1(C)CC2(CC(C)(C)N1)OCCCCCCCCCCCNC2=O. The van der Waals surface area contributed by atoms with Crippen LogP contribution in [0.2, 0.25) is 0 Å². The van der Waals surface area contributed by atoms with Crippen LogP contribution in [0.5, 0.6) is 0 Å². The number of hydrogen-bond donors (Lipinski definition) is 2. The summed E-state index contributed by atoms with van der Waals surface area (Å²) < 4.78 is 6.38. The molecule has 146 valence electrons. The zero-order valence-electron chi connectivity index (χ0n) is 17.0. The van der Waals surface area contributed by atoms with Crippen LogP contribution in [0.3, 0.4) is 0 Å². The molecule has 0 saturated carbocycles. The van der Waals surface area contributed by atoms with E-state index in [0.717, 1.165) is 32.2 Å². The largest absolute Gasteiger partial charge is 0.365 e. The molecule has 0 aromatic rings. The van der Waals surface area contributed by atoms with E-state index in [1.807, 2.05) is 0 Å². The molecule has 0 bridgehead atoms. The predicted octanol–water partition coefficient (Wildman–Crippen LogP) is 4.32. The summed E-state index contributed by atoms with van der Waals surface area (Å²) in [6.45, 7) is 10.2. The van der Waals surface area contributed by atoms with Gasteiger partial charge in [-0.3, -0.25) is 4.79 Å². The van der Waals surface area contributed by atoms with E-state index < -0.39 is 5.60 Å². The molecule has 25 heavy (non-hydrogen) atoms. The molecule has 1 spiro atoms. The fourth-order valence-corrected chi connectivity index (χ4v) is 4.92. The first kappa shape index (κ1) is 20.7. The van der Waals surface area contributed by atoms with E-state index >= 15 is 0 Å². The van der Waals surface area contributed by atoms with Crippen molar-refractivity contribution in [3.05, 3.63) is 0 Å². The summed E-state index contributed by atoms with van der Waals surface area (Å²) >= 11 is 0. The first-order valence-electron chi connectivity index (χ1n) is 10.5. The fourth-order valence-electron chi connectivity index (χ4n) is 4.92. The van der Waals surface area contributed by atoms with Crippen molar-refractivity contribution < 1.29 is 9.53 Å². The van der Waals surface area contributed by atoms with Crippen LogP contribution in [-0.2, 0) is 9.53 Å². The van der Waals surface area contributed by atoms with Gasteiger partial charge in [0, 0.05) is 37.1 Å². The second kappa shape index (κ2) is 8.85. The molecule has 2 saturated heterocycles. The molecule has 4 nitrogen and oxygen atoms in total. The van der Waals surface area contributed by atoms with Crippen LogP contribution >= 0.6 is 0 Å². The highest BCUT2D eigenvalue weighted by molar-refractivity contribution is 5.85. The van der Waals surface area contributed by atoms with Crippen LogP contribution in [0.15, 0.2) is 0 Å². The molecule has 2 N–H and O–H groups in total. The third-order valence-electron chi connectivity index (χ3n) is 5.53. The quantitative estimate of drug-likeness (QED) is 0.682. The molecular formula is C21H40N2O2. The summed E-state index contributed by atoms with van der Waals surface area (Å²) in [7, 11) is 0. The minimum atomic E-state index is -0.696. The molecule has 0 aromatic heterocycles. The maximum atomic E-state index is 13.1. The van der Waals surface area contributed by atoms with Gasteiger partial charge in [0.15, 0.2) is 0 Å². The van der Waals surface area contributed by atoms with Gasteiger partial charge in [0.25, 0.3) is 5.91 Å². The fraction of sp³-hybridized carbons (Fsp3) is 0.952. The van der Waals surface area contributed by atoms with Gasteiger partial charge in [-0.2, -0.15) is 0 Å². The van der Waals surface area contributed by atoms with Crippen molar-refractivity contribution >= 4 is 5.91 Å². The molecule has 2 aliphatic rings. The molecule has 4 heteroatoms. The van der Waals surface area contributed by atoms with Gasteiger partial charge in [0.2, 0.25) is 0 Å². The molecule has 1 amide bonds. The van der Waals surface area contributed by atoms with Crippen LogP contribution in [0.1, 0.15) is 98.3 Å². The molecule has 2 aliphatic heterocycles. The van der Waals surface area contributed by atoms with Crippen molar-refractivity contribution in [2.24, 2.45) is 0 Å². The van der Waals surface area contributed by atoms with Gasteiger partial charge in [-0.15, -0.1) is 0 Å². The zero-order chi connectivity index (χ0) is 18.4. The highest BCUT2D eigenvalue weighted by Gasteiger charge is 2.52. The summed E-state index contributed by atoms with van der Waals surface area (Å²) in [6.07, 6.45) is 12.6. The van der Waals surface area contributed by atoms with Gasteiger partial charge in [0.1, 0.15) is 5.60 Å². The standard InChI is InChI=1S/C21H40N2O2/c1-19(2)16-21(17-20(3,4)23-19)18(24)22-14-12-10-8-6-5-7-9-11-13-15-25-21/h23H,5-17H2,1-4H3,(H,22,24). The number of amides is 1. The Morgan fingerprint density at radius 2 is 1.24 bits per heavy atom. The van der Waals surface area contributed by atoms with E-state index in [4.69, 9.17) is 4.74 Å². The van der Waals surface area contributed by atoms with Crippen molar-refractivity contribution in [3.63, 3.8) is 0 Å². The van der Waals surface area contributed by atoms with Crippen LogP contribution in [0.25, 0.3) is 0 Å². The topological polar surface area (TPSA) is 50.4 Å². The molecule has 2 fully saturated rings. The second-order valence-electron chi connectivity index (χ2n) is 9.53. The summed E-state index contributed by atoms with van der Waals surface area (Å²) in [5.41, 5.74) is -0.914. The Kier molecular flexibility index (Phi) is 7.33. The Hall–Kier alpha value is -0.610. The molecule has 0 aromatic carbocycles.